The highest BCUT2D eigenvalue weighted by Gasteiger charge is 2.21. The number of nitrogens with zero attached hydrogens (tertiary/aromatic N) is 1. The summed E-state index contributed by atoms with van der Waals surface area (Å²) >= 11 is 1.58. The fraction of sp³-hybridized carbons (Fsp3) is 0.688. The second-order valence-electron chi connectivity index (χ2n) is 5.95. The number of hydrogen-bond acceptors (Lipinski definition) is 4. The van der Waals surface area contributed by atoms with E-state index < -0.39 is 0 Å². The third kappa shape index (κ3) is 5.09. The molecule has 0 aromatic carbocycles. The summed E-state index contributed by atoms with van der Waals surface area (Å²) in [4.78, 5) is 14.4. The Morgan fingerprint density at radius 3 is 2.67 bits per heavy atom. The van der Waals surface area contributed by atoms with Crippen molar-refractivity contribution in [2.75, 3.05) is 26.2 Å². The number of amides is 1. The maximum Gasteiger partial charge on any atom is 0.252 e. The zero-order valence-electron chi connectivity index (χ0n) is 13.2. The maximum atomic E-state index is 11.9. The van der Waals surface area contributed by atoms with Gasteiger partial charge < -0.3 is 10.1 Å². The fourth-order valence-electron chi connectivity index (χ4n) is 2.82. The molecule has 1 aliphatic rings. The van der Waals surface area contributed by atoms with Crippen LogP contribution in [0.2, 0.25) is 0 Å². The van der Waals surface area contributed by atoms with Crippen LogP contribution in [0.15, 0.2) is 10.8 Å². The Morgan fingerprint density at radius 1 is 1.33 bits per heavy atom. The van der Waals surface area contributed by atoms with Crippen molar-refractivity contribution in [3.8, 4) is 0 Å². The molecule has 1 fully saturated rings. The molecule has 1 amide bonds. The molecule has 0 spiro atoms. The average molecular weight is 310 g/mol. The summed E-state index contributed by atoms with van der Waals surface area (Å²) in [6, 6.07) is 0. The Kier molecular flexibility index (Phi) is 6.21. The van der Waals surface area contributed by atoms with Gasteiger partial charge in [-0.1, -0.05) is 0 Å². The third-order valence-electron chi connectivity index (χ3n) is 3.78. The van der Waals surface area contributed by atoms with Crippen LogP contribution in [0, 0.1) is 6.92 Å². The molecule has 0 aliphatic carbocycles. The second-order valence-corrected chi connectivity index (χ2v) is 6.69. The largest absolute Gasteiger partial charge is 0.373 e. The lowest BCUT2D eigenvalue weighted by Crippen LogP contribution is -2.45. The summed E-state index contributed by atoms with van der Waals surface area (Å²) < 4.78 is 5.73. The number of carbonyl (C=O) groups excluding carboxylic acids is 1. The van der Waals surface area contributed by atoms with E-state index >= 15 is 0 Å². The van der Waals surface area contributed by atoms with Gasteiger partial charge >= 0.3 is 0 Å². The minimum atomic E-state index is 0.0577. The number of nitrogens with one attached hydrogen (secondary N) is 1. The van der Waals surface area contributed by atoms with Gasteiger partial charge in [-0.25, -0.2) is 0 Å². The number of aryl methyl sites for hydroxylation is 1. The molecule has 1 aromatic heterocycles. The molecule has 21 heavy (non-hydrogen) atoms. The van der Waals surface area contributed by atoms with Crippen molar-refractivity contribution in [2.24, 2.45) is 0 Å². The smallest absolute Gasteiger partial charge is 0.252 e. The first-order valence-corrected chi connectivity index (χ1v) is 8.69. The van der Waals surface area contributed by atoms with Gasteiger partial charge in [0.15, 0.2) is 0 Å². The number of unbranched alkanes of at least 4 members (excludes halogenated alkanes) is 1. The normalized spacial score (nSPS) is 23.2. The highest BCUT2D eigenvalue weighted by molar-refractivity contribution is 7.08. The van der Waals surface area contributed by atoms with Gasteiger partial charge in [0.05, 0.1) is 17.8 Å². The molecule has 0 bridgehead atoms. The summed E-state index contributed by atoms with van der Waals surface area (Å²) in [6.07, 6.45) is 2.79. The van der Waals surface area contributed by atoms with E-state index in [4.69, 9.17) is 4.74 Å². The van der Waals surface area contributed by atoms with E-state index in [9.17, 15) is 4.79 Å². The van der Waals surface area contributed by atoms with Crippen molar-refractivity contribution < 1.29 is 9.53 Å². The van der Waals surface area contributed by atoms with Crippen LogP contribution < -0.4 is 5.32 Å². The van der Waals surface area contributed by atoms with E-state index in [2.05, 4.69) is 24.1 Å². The van der Waals surface area contributed by atoms with Gasteiger partial charge in [0.25, 0.3) is 5.91 Å². The van der Waals surface area contributed by atoms with Gasteiger partial charge in [-0.2, -0.15) is 11.3 Å². The van der Waals surface area contributed by atoms with Crippen molar-refractivity contribution in [3.05, 3.63) is 21.9 Å². The lowest BCUT2D eigenvalue weighted by atomic mass is 10.2. The summed E-state index contributed by atoms with van der Waals surface area (Å²) in [7, 11) is 0. The lowest BCUT2D eigenvalue weighted by Gasteiger charge is -2.35. The Labute approximate surface area is 131 Å². The first-order valence-electron chi connectivity index (χ1n) is 7.75. The Bertz CT molecular complexity index is 451. The summed E-state index contributed by atoms with van der Waals surface area (Å²) in [5.74, 6) is 0.0577. The third-order valence-corrected chi connectivity index (χ3v) is 4.64. The predicted molar refractivity (Wildman–Crippen MR) is 87.1 cm³/mol. The average Bonchev–Trinajstić information content (AvgIpc) is 2.83. The van der Waals surface area contributed by atoms with Crippen LogP contribution in [0.25, 0.3) is 0 Å². The van der Waals surface area contributed by atoms with Crippen LogP contribution in [0.3, 0.4) is 0 Å². The summed E-state index contributed by atoms with van der Waals surface area (Å²) in [6.45, 7) is 10.1. The molecule has 118 valence electrons. The Balaban J connectivity index is 1.60. The monoisotopic (exact) mass is 310 g/mol. The van der Waals surface area contributed by atoms with Crippen molar-refractivity contribution in [1.29, 1.82) is 0 Å². The molecule has 5 heteroatoms. The molecular formula is C16H26N2O2S. The van der Waals surface area contributed by atoms with E-state index in [0.717, 1.165) is 50.1 Å². The van der Waals surface area contributed by atoms with Gasteiger partial charge in [0.1, 0.15) is 0 Å². The fourth-order valence-corrected chi connectivity index (χ4v) is 3.65. The van der Waals surface area contributed by atoms with E-state index in [1.807, 2.05) is 17.7 Å². The zero-order chi connectivity index (χ0) is 15.2. The number of thiophene rings is 1. The van der Waals surface area contributed by atoms with E-state index in [0.29, 0.717) is 12.2 Å². The van der Waals surface area contributed by atoms with Crippen LogP contribution in [-0.2, 0) is 4.74 Å². The Hall–Kier alpha value is -0.910. The number of morpholine rings is 1. The van der Waals surface area contributed by atoms with Crippen LogP contribution >= 0.6 is 11.3 Å². The van der Waals surface area contributed by atoms with Crippen LogP contribution in [0.5, 0.6) is 0 Å². The molecule has 1 aliphatic heterocycles. The maximum absolute atomic E-state index is 11.9. The van der Waals surface area contributed by atoms with Crippen molar-refractivity contribution >= 4 is 17.2 Å². The summed E-state index contributed by atoms with van der Waals surface area (Å²) in [5.41, 5.74) is 1.88. The minimum Gasteiger partial charge on any atom is -0.373 e. The van der Waals surface area contributed by atoms with E-state index in [-0.39, 0.29) is 5.91 Å². The molecule has 0 unspecified atom stereocenters. The van der Waals surface area contributed by atoms with Crippen LogP contribution in [-0.4, -0.2) is 49.2 Å². The first-order chi connectivity index (χ1) is 10.1. The van der Waals surface area contributed by atoms with E-state index in [1.54, 1.807) is 11.3 Å². The molecule has 0 radical (unpaired) electrons. The van der Waals surface area contributed by atoms with Gasteiger partial charge in [-0.05, 0) is 51.1 Å². The molecule has 4 nitrogen and oxygen atoms in total. The molecule has 2 atom stereocenters. The van der Waals surface area contributed by atoms with Crippen LogP contribution in [0.4, 0.5) is 0 Å². The first kappa shape index (κ1) is 16.5. The van der Waals surface area contributed by atoms with Crippen molar-refractivity contribution in [3.63, 3.8) is 0 Å². The molecule has 0 saturated carbocycles. The SMILES string of the molecule is Cc1cscc1C(=O)NCCCCN1C[C@@H](C)O[C@H](C)C1. The number of ether oxygens (including phenoxy) is 1. The van der Waals surface area contributed by atoms with Gasteiger partial charge in [-0.3, -0.25) is 9.69 Å². The molecule has 2 rings (SSSR count). The Morgan fingerprint density at radius 2 is 2.05 bits per heavy atom. The molecule has 1 aromatic rings. The minimum absolute atomic E-state index is 0.0577. The summed E-state index contributed by atoms with van der Waals surface area (Å²) in [5, 5.41) is 6.93. The molecule has 2 heterocycles. The molecule has 1 saturated heterocycles. The van der Waals surface area contributed by atoms with E-state index in [1.165, 1.54) is 0 Å². The highest BCUT2D eigenvalue weighted by Crippen LogP contribution is 2.13. The molecule has 1 N–H and O–H groups in total. The topological polar surface area (TPSA) is 41.6 Å². The molecular weight excluding hydrogens is 284 g/mol. The quantitative estimate of drug-likeness (QED) is 0.821. The predicted octanol–water partition coefficient (Wildman–Crippen LogP) is 2.68. The van der Waals surface area contributed by atoms with Gasteiger partial charge in [0.2, 0.25) is 0 Å². The zero-order valence-corrected chi connectivity index (χ0v) is 14.0. The standard InChI is InChI=1S/C16H26N2O2S/c1-12-10-21-11-15(12)16(19)17-6-4-5-7-18-8-13(2)20-14(3)9-18/h10-11,13-14H,4-9H2,1-3H3,(H,17,19)/t13-,14-/m1/s1. The van der Waals surface area contributed by atoms with Crippen molar-refractivity contribution in [1.82, 2.24) is 10.2 Å². The lowest BCUT2D eigenvalue weighted by molar-refractivity contribution is -0.0681. The number of carbonyl (C=O) groups is 1. The van der Waals surface area contributed by atoms with Gasteiger partial charge in [0, 0.05) is 25.0 Å². The van der Waals surface area contributed by atoms with Crippen molar-refractivity contribution in [2.45, 2.75) is 45.8 Å². The number of hydrogen-bond donors (Lipinski definition) is 1. The van der Waals surface area contributed by atoms with Gasteiger partial charge in [-0.15, -0.1) is 0 Å². The number of rotatable bonds is 6. The highest BCUT2D eigenvalue weighted by atomic mass is 32.1. The second kappa shape index (κ2) is 7.92. The van der Waals surface area contributed by atoms with Crippen LogP contribution in [0.1, 0.15) is 42.6 Å².